The van der Waals surface area contributed by atoms with E-state index in [0.29, 0.717) is 5.65 Å². The van der Waals surface area contributed by atoms with Gasteiger partial charge in [-0.2, -0.15) is 4.57 Å². The normalized spacial score (nSPS) is 11.4. The highest BCUT2D eigenvalue weighted by Crippen LogP contribution is 2.22. The van der Waals surface area contributed by atoms with Gasteiger partial charge in [-0.1, -0.05) is 33.0 Å². The molecule has 2 aromatic carbocycles. The molecule has 1 N–H and O–H groups in total. The molecule has 25 heavy (non-hydrogen) atoms. The van der Waals surface area contributed by atoms with E-state index >= 15 is 0 Å². The molecule has 0 aliphatic heterocycles. The summed E-state index contributed by atoms with van der Waals surface area (Å²) in [5.41, 5.74) is 4.15. The van der Waals surface area contributed by atoms with Gasteiger partial charge in [0.25, 0.3) is 11.5 Å². The van der Waals surface area contributed by atoms with Crippen molar-refractivity contribution in [3.8, 4) is 17.3 Å². The molecule has 0 atom stereocenters. The molecule has 0 bridgehead atoms. The Balaban J connectivity index is 1.89. The van der Waals surface area contributed by atoms with E-state index < -0.39 is 0 Å². The first-order valence-corrected chi connectivity index (χ1v) is 8.59. The summed E-state index contributed by atoms with van der Waals surface area (Å²) in [4.78, 5) is 12.9. The maximum Gasteiger partial charge on any atom is 0.328 e. The van der Waals surface area contributed by atoms with Crippen molar-refractivity contribution in [2.45, 2.75) is 0 Å². The summed E-state index contributed by atoms with van der Waals surface area (Å²) in [5, 5.41) is 0. The number of aromatic amines is 1. The van der Waals surface area contributed by atoms with Crippen LogP contribution in [0.4, 0.5) is 0 Å². The largest absolute Gasteiger partial charge is 0.458 e. The molecule has 0 amide bonds. The zero-order valence-corrected chi connectivity index (χ0v) is 14.6. The minimum Gasteiger partial charge on any atom is -0.458 e. The van der Waals surface area contributed by atoms with Crippen LogP contribution < -0.4 is 4.57 Å². The number of furan rings is 1. The molecule has 0 aliphatic carbocycles. The molecule has 3 aromatic heterocycles. The number of hydrogen-bond acceptors (Lipinski definition) is 3. The fraction of sp³-hybridized carbons (Fsp3) is 0. The lowest BCUT2D eigenvalue weighted by Gasteiger charge is -2.01. The van der Waals surface area contributed by atoms with Crippen LogP contribution in [0, 0.1) is 0 Å². The number of nitrogens with zero attached hydrogens (tertiary/aromatic N) is 3. The highest BCUT2D eigenvalue weighted by Gasteiger charge is 2.25. The van der Waals surface area contributed by atoms with Crippen LogP contribution in [0.3, 0.4) is 0 Å². The lowest BCUT2D eigenvalue weighted by atomic mass is 10.3. The van der Waals surface area contributed by atoms with Crippen molar-refractivity contribution < 1.29 is 8.98 Å². The predicted octanol–water partition coefficient (Wildman–Crippen LogP) is 4.41. The first-order valence-electron chi connectivity index (χ1n) is 7.80. The van der Waals surface area contributed by atoms with Crippen molar-refractivity contribution in [1.29, 1.82) is 0 Å². The summed E-state index contributed by atoms with van der Waals surface area (Å²) in [5.74, 6) is 1.53. The van der Waals surface area contributed by atoms with Gasteiger partial charge in [-0.25, -0.2) is 9.97 Å². The van der Waals surface area contributed by atoms with Gasteiger partial charge in [0.05, 0.1) is 6.26 Å². The van der Waals surface area contributed by atoms with E-state index in [-0.39, 0.29) is 0 Å². The summed E-state index contributed by atoms with van der Waals surface area (Å²) in [7, 11) is 0. The number of H-pyrrole nitrogens is 1. The van der Waals surface area contributed by atoms with Crippen LogP contribution in [0.2, 0.25) is 0 Å². The molecule has 0 saturated carbocycles. The Kier molecular flexibility index (Phi) is 3.18. The van der Waals surface area contributed by atoms with Crippen molar-refractivity contribution in [2.75, 3.05) is 0 Å². The fourth-order valence-corrected chi connectivity index (χ4v) is 3.20. The maximum absolute atomic E-state index is 5.62. The molecule has 3 heterocycles. The standard InChI is InChI=1S/C19H11BrN4O/c20-12-7-9-13(10-8-12)24-18(16-6-3-11-25-16)23-17-19(24)22-15-5-2-1-4-14(15)21-17/h1-11H/p+1. The van der Waals surface area contributed by atoms with Gasteiger partial charge >= 0.3 is 5.65 Å². The Morgan fingerprint density at radius 3 is 2.36 bits per heavy atom. The molecule has 120 valence electrons. The SMILES string of the molecule is Brc1ccc(-[n+]2c(-c3ccco3)[nH]c3nc4ccccc4nc32)cc1. The number of aromatic nitrogens is 4. The molecular formula is C19H12BrN4O+. The zero-order valence-electron chi connectivity index (χ0n) is 13.0. The van der Waals surface area contributed by atoms with E-state index in [9.17, 15) is 0 Å². The second-order valence-corrected chi connectivity index (χ2v) is 6.56. The number of imidazole rings is 1. The number of hydrogen-bond donors (Lipinski definition) is 1. The maximum atomic E-state index is 5.62. The molecule has 0 unspecified atom stereocenters. The highest BCUT2D eigenvalue weighted by atomic mass is 79.9. The van der Waals surface area contributed by atoms with E-state index in [0.717, 1.165) is 38.4 Å². The first kappa shape index (κ1) is 14.4. The molecule has 0 radical (unpaired) electrons. The van der Waals surface area contributed by atoms with E-state index in [2.05, 4.69) is 20.9 Å². The van der Waals surface area contributed by atoms with Crippen LogP contribution in [0.1, 0.15) is 0 Å². The molecule has 5 nitrogen and oxygen atoms in total. The minimum atomic E-state index is 0.716. The summed E-state index contributed by atoms with van der Waals surface area (Å²) < 4.78 is 8.66. The van der Waals surface area contributed by atoms with E-state index in [4.69, 9.17) is 14.4 Å². The third-order valence-electron chi connectivity index (χ3n) is 4.06. The Bertz CT molecular complexity index is 1190. The Morgan fingerprint density at radius 2 is 1.64 bits per heavy atom. The third kappa shape index (κ3) is 2.34. The lowest BCUT2D eigenvalue weighted by Crippen LogP contribution is -2.32. The molecule has 6 heteroatoms. The number of fused-ring (bicyclic) bond motifs is 2. The summed E-state index contributed by atoms with van der Waals surface area (Å²) in [6, 6.07) is 19.7. The molecule has 0 saturated heterocycles. The monoisotopic (exact) mass is 391 g/mol. The van der Waals surface area contributed by atoms with Gasteiger partial charge < -0.3 is 4.42 Å². The Labute approximate surface area is 151 Å². The first-order chi connectivity index (χ1) is 12.3. The average Bonchev–Trinajstić information content (AvgIpc) is 3.28. The molecule has 0 fully saturated rings. The van der Waals surface area contributed by atoms with Crippen LogP contribution in [-0.2, 0) is 0 Å². The summed E-state index contributed by atoms with van der Waals surface area (Å²) in [6.07, 6.45) is 1.66. The Morgan fingerprint density at radius 1 is 0.880 bits per heavy atom. The van der Waals surface area contributed by atoms with Crippen molar-refractivity contribution in [3.05, 3.63) is 71.4 Å². The van der Waals surface area contributed by atoms with Crippen LogP contribution in [0.25, 0.3) is 39.6 Å². The van der Waals surface area contributed by atoms with Crippen LogP contribution >= 0.6 is 15.9 Å². The third-order valence-corrected chi connectivity index (χ3v) is 4.59. The predicted molar refractivity (Wildman–Crippen MR) is 98.3 cm³/mol. The van der Waals surface area contributed by atoms with E-state index in [1.807, 2.05) is 65.2 Å². The molecule has 0 spiro atoms. The van der Waals surface area contributed by atoms with Gasteiger partial charge in [0.1, 0.15) is 11.2 Å². The van der Waals surface area contributed by atoms with E-state index in [1.165, 1.54) is 0 Å². The summed E-state index contributed by atoms with van der Waals surface area (Å²) in [6.45, 7) is 0. The second kappa shape index (κ2) is 5.53. The highest BCUT2D eigenvalue weighted by molar-refractivity contribution is 9.10. The van der Waals surface area contributed by atoms with Crippen molar-refractivity contribution >= 4 is 38.3 Å². The summed E-state index contributed by atoms with van der Waals surface area (Å²) >= 11 is 3.48. The number of para-hydroxylation sites is 2. The molecule has 5 aromatic rings. The van der Waals surface area contributed by atoms with E-state index in [1.54, 1.807) is 6.26 Å². The van der Waals surface area contributed by atoms with Gasteiger partial charge in [0.15, 0.2) is 11.3 Å². The van der Waals surface area contributed by atoms with Crippen LogP contribution in [0.15, 0.2) is 75.8 Å². The van der Waals surface area contributed by atoms with Gasteiger partial charge in [-0.05, 0) is 48.5 Å². The van der Waals surface area contributed by atoms with Gasteiger partial charge in [0, 0.05) is 4.47 Å². The molecule has 0 aliphatic rings. The van der Waals surface area contributed by atoms with Gasteiger partial charge in [-0.3, -0.25) is 0 Å². The van der Waals surface area contributed by atoms with Gasteiger partial charge in [-0.15, -0.1) is 0 Å². The number of benzene rings is 2. The number of halogens is 1. The topological polar surface area (TPSA) is 58.6 Å². The zero-order chi connectivity index (χ0) is 16.8. The van der Waals surface area contributed by atoms with Crippen molar-refractivity contribution in [3.63, 3.8) is 0 Å². The smallest absolute Gasteiger partial charge is 0.328 e. The van der Waals surface area contributed by atoms with Gasteiger partial charge in [0.2, 0.25) is 0 Å². The van der Waals surface area contributed by atoms with Crippen molar-refractivity contribution in [2.24, 2.45) is 0 Å². The Hall–Kier alpha value is -2.99. The number of rotatable bonds is 2. The molecule has 5 rings (SSSR count). The second-order valence-electron chi connectivity index (χ2n) is 5.65. The number of nitrogens with one attached hydrogen (secondary N) is 1. The molecular weight excluding hydrogens is 380 g/mol. The van der Waals surface area contributed by atoms with Crippen molar-refractivity contribution in [1.82, 2.24) is 15.0 Å². The minimum absolute atomic E-state index is 0.716. The lowest BCUT2D eigenvalue weighted by molar-refractivity contribution is -0.557. The van der Waals surface area contributed by atoms with Crippen LogP contribution in [0.5, 0.6) is 0 Å². The average molecular weight is 392 g/mol. The quantitative estimate of drug-likeness (QED) is 0.453. The fourth-order valence-electron chi connectivity index (χ4n) is 2.93. The van der Waals surface area contributed by atoms with Crippen LogP contribution in [-0.4, -0.2) is 15.0 Å².